The molecule has 0 bridgehead atoms. The van der Waals surface area contributed by atoms with Gasteiger partial charge in [0.2, 0.25) is 0 Å². The molecule has 0 aliphatic carbocycles. The number of aromatic nitrogens is 1. The summed E-state index contributed by atoms with van der Waals surface area (Å²) < 4.78 is 0. The van der Waals surface area contributed by atoms with Crippen molar-refractivity contribution in [1.29, 1.82) is 0 Å². The summed E-state index contributed by atoms with van der Waals surface area (Å²) in [6.45, 7) is 4.32. The third-order valence-corrected chi connectivity index (χ3v) is 2.40. The van der Waals surface area contributed by atoms with Gasteiger partial charge in [-0.2, -0.15) is 0 Å². The van der Waals surface area contributed by atoms with Gasteiger partial charge in [-0.15, -0.1) is 0 Å². The highest BCUT2D eigenvalue weighted by Crippen LogP contribution is 2.21. The van der Waals surface area contributed by atoms with Crippen molar-refractivity contribution in [3.8, 4) is 0 Å². The van der Waals surface area contributed by atoms with Crippen molar-refractivity contribution < 1.29 is 5.11 Å². The standard InChI is InChI=1S/C10H16ClN3O/c1-6(2)9(15)5-14-10-8(11)3-7(12)4-13-10/h3-4,6,9,15H,5,12H2,1-2H3,(H,13,14). The molecule has 0 radical (unpaired) electrons. The number of hydrogen-bond donors (Lipinski definition) is 3. The number of nitrogen functional groups attached to an aromatic ring is 1. The number of aliphatic hydroxyl groups is 1. The normalized spacial score (nSPS) is 12.9. The van der Waals surface area contributed by atoms with Crippen LogP contribution in [0.2, 0.25) is 5.02 Å². The van der Waals surface area contributed by atoms with Gasteiger partial charge in [0.25, 0.3) is 0 Å². The van der Waals surface area contributed by atoms with E-state index in [1.54, 1.807) is 6.07 Å². The third-order valence-electron chi connectivity index (χ3n) is 2.11. The molecule has 0 spiro atoms. The monoisotopic (exact) mass is 229 g/mol. The second-order valence-electron chi connectivity index (χ2n) is 3.79. The van der Waals surface area contributed by atoms with Crippen LogP contribution < -0.4 is 11.1 Å². The fraction of sp³-hybridized carbons (Fsp3) is 0.500. The Hall–Kier alpha value is -1.00. The first kappa shape index (κ1) is 12.1. The maximum Gasteiger partial charge on any atom is 0.145 e. The van der Waals surface area contributed by atoms with Gasteiger partial charge in [-0.05, 0) is 12.0 Å². The van der Waals surface area contributed by atoms with Crippen LogP contribution in [0.15, 0.2) is 12.3 Å². The van der Waals surface area contributed by atoms with E-state index in [1.165, 1.54) is 6.20 Å². The second kappa shape index (κ2) is 5.19. The first-order valence-electron chi connectivity index (χ1n) is 4.83. The largest absolute Gasteiger partial charge is 0.397 e. The Morgan fingerprint density at radius 1 is 1.60 bits per heavy atom. The number of rotatable bonds is 4. The van der Waals surface area contributed by atoms with Crippen molar-refractivity contribution in [2.45, 2.75) is 20.0 Å². The average molecular weight is 230 g/mol. The zero-order valence-electron chi connectivity index (χ0n) is 8.87. The van der Waals surface area contributed by atoms with Crippen LogP contribution >= 0.6 is 11.6 Å². The van der Waals surface area contributed by atoms with E-state index in [0.29, 0.717) is 23.1 Å². The van der Waals surface area contributed by atoms with Crippen molar-refractivity contribution in [2.24, 2.45) is 5.92 Å². The summed E-state index contributed by atoms with van der Waals surface area (Å²) in [5.41, 5.74) is 6.03. The molecule has 1 rings (SSSR count). The molecule has 4 nitrogen and oxygen atoms in total. The van der Waals surface area contributed by atoms with E-state index >= 15 is 0 Å². The molecule has 1 aromatic rings. The Labute approximate surface area is 94.5 Å². The van der Waals surface area contributed by atoms with Gasteiger partial charge in [-0.1, -0.05) is 25.4 Å². The zero-order valence-corrected chi connectivity index (χ0v) is 9.62. The van der Waals surface area contributed by atoms with Gasteiger partial charge in [0.15, 0.2) is 0 Å². The van der Waals surface area contributed by atoms with Crippen LogP contribution in [0.3, 0.4) is 0 Å². The van der Waals surface area contributed by atoms with Crippen LogP contribution in [0.25, 0.3) is 0 Å². The lowest BCUT2D eigenvalue weighted by atomic mass is 10.1. The molecule has 1 heterocycles. The molecule has 4 N–H and O–H groups in total. The molecular formula is C10H16ClN3O. The highest BCUT2D eigenvalue weighted by molar-refractivity contribution is 6.33. The van der Waals surface area contributed by atoms with Crippen LogP contribution in [0.5, 0.6) is 0 Å². The Balaban J connectivity index is 2.58. The Morgan fingerprint density at radius 2 is 2.27 bits per heavy atom. The van der Waals surface area contributed by atoms with Crippen molar-refractivity contribution in [3.05, 3.63) is 17.3 Å². The molecular weight excluding hydrogens is 214 g/mol. The van der Waals surface area contributed by atoms with Gasteiger partial charge in [-0.3, -0.25) is 0 Å². The average Bonchev–Trinajstić information content (AvgIpc) is 2.15. The number of halogens is 1. The van der Waals surface area contributed by atoms with Gasteiger partial charge >= 0.3 is 0 Å². The number of nitrogens with two attached hydrogens (primary N) is 1. The molecule has 84 valence electrons. The van der Waals surface area contributed by atoms with Crippen molar-refractivity contribution in [2.75, 3.05) is 17.6 Å². The van der Waals surface area contributed by atoms with Crippen LogP contribution in [0.1, 0.15) is 13.8 Å². The number of nitrogens with zero attached hydrogens (tertiary/aromatic N) is 1. The lowest BCUT2D eigenvalue weighted by Gasteiger charge is -2.15. The molecule has 0 saturated heterocycles. The van der Waals surface area contributed by atoms with Gasteiger partial charge in [0, 0.05) is 6.54 Å². The van der Waals surface area contributed by atoms with E-state index in [9.17, 15) is 5.11 Å². The van der Waals surface area contributed by atoms with Crippen molar-refractivity contribution in [3.63, 3.8) is 0 Å². The van der Waals surface area contributed by atoms with Gasteiger partial charge in [0.05, 0.1) is 23.0 Å². The number of hydrogen-bond acceptors (Lipinski definition) is 4. The summed E-state index contributed by atoms with van der Waals surface area (Å²) in [6, 6.07) is 1.62. The molecule has 0 aromatic carbocycles. The SMILES string of the molecule is CC(C)C(O)CNc1ncc(N)cc1Cl. The molecule has 0 aliphatic heterocycles. The topological polar surface area (TPSA) is 71.2 Å². The van der Waals surface area contributed by atoms with Crippen molar-refractivity contribution >= 4 is 23.1 Å². The maximum absolute atomic E-state index is 9.58. The number of anilines is 2. The van der Waals surface area contributed by atoms with E-state index in [0.717, 1.165) is 0 Å². The Morgan fingerprint density at radius 3 is 2.80 bits per heavy atom. The van der Waals surface area contributed by atoms with Crippen LogP contribution in [0, 0.1) is 5.92 Å². The minimum absolute atomic E-state index is 0.199. The molecule has 1 aromatic heterocycles. The summed E-state index contributed by atoms with van der Waals surface area (Å²) in [7, 11) is 0. The third kappa shape index (κ3) is 3.57. The highest BCUT2D eigenvalue weighted by atomic mass is 35.5. The van der Waals surface area contributed by atoms with Crippen molar-refractivity contribution in [1.82, 2.24) is 4.98 Å². The van der Waals surface area contributed by atoms with E-state index < -0.39 is 6.10 Å². The number of aliphatic hydroxyl groups excluding tert-OH is 1. The molecule has 1 unspecified atom stereocenters. The van der Waals surface area contributed by atoms with Crippen LogP contribution in [0.4, 0.5) is 11.5 Å². The van der Waals surface area contributed by atoms with Crippen LogP contribution in [-0.2, 0) is 0 Å². The fourth-order valence-electron chi connectivity index (χ4n) is 1.02. The number of nitrogens with one attached hydrogen (secondary N) is 1. The molecule has 5 heteroatoms. The van der Waals surface area contributed by atoms with E-state index in [4.69, 9.17) is 17.3 Å². The molecule has 0 aliphatic rings. The summed E-state index contributed by atoms with van der Waals surface area (Å²) in [4.78, 5) is 4.03. The second-order valence-corrected chi connectivity index (χ2v) is 4.20. The quantitative estimate of drug-likeness (QED) is 0.736. The van der Waals surface area contributed by atoms with E-state index in [1.807, 2.05) is 13.8 Å². The lowest BCUT2D eigenvalue weighted by molar-refractivity contribution is 0.138. The predicted octanol–water partition coefficient (Wildman–Crippen LogP) is 1.75. The Bertz CT molecular complexity index is 330. The van der Waals surface area contributed by atoms with E-state index in [2.05, 4.69) is 10.3 Å². The Kier molecular flexibility index (Phi) is 4.17. The molecule has 0 fully saturated rings. The summed E-state index contributed by atoms with van der Waals surface area (Å²) in [6.07, 6.45) is 1.11. The highest BCUT2D eigenvalue weighted by Gasteiger charge is 2.10. The van der Waals surface area contributed by atoms with Crippen LogP contribution in [-0.4, -0.2) is 22.7 Å². The molecule has 0 saturated carbocycles. The van der Waals surface area contributed by atoms with Gasteiger partial charge in [0.1, 0.15) is 5.82 Å². The smallest absolute Gasteiger partial charge is 0.145 e. The number of pyridine rings is 1. The first-order chi connectivity index (χ1) is 7.00. The summed E-state index contributed by atoms with van der Waals surface area (Å²) >= 11 is 5.91. The summed E-state index contributed by atoms with van der Waals surface area (Å²) in [5, 5.41) is 13.0. The lowest BCUT2D eigenvalue weighted by Crippen LogP contribution is -2.25. The zero-order chi connectivity index (χ0) is 11.4. The first-order valence-corrected chi connectivity index (χ1v) is 5.21. The van der Waals surface area contributed by atoms with Gasteiger partial charge in [-0.25, -0.2) is 4.98 Å². The van der Waals surface area contributed by atoms with E-state index in [-0.39, 0.29) is 5.92 Å². The minimum Gasteiger partial charge on any atom is -0.397 e. The molecule has 15 heavy (non-hydrogen) atoms. The predicted molar refractivity (Wildman–Crippen MR) is 63.0 cm³/mol. The minimum atomic E-state index is -0.416. The summed E-state index contributed by atoms with van der Waals surface area (Å²) in [5.74, 6) is 0.746. The molecule has 1 atom stereocenters. The fourth-order valence-corrected chi connectivity index (χ4v) is 1.26. The van der Waals surface area contributed by atoms with Gasteiger partial charge < -0.3 is 16.2 Å². The molecule has 0 amide bonds. The maximum atomic E-state index is 9.58.